The van der Waals surface area contributed by atoms with E-state index in [-0.39, 0.29) is 5.75 Å². The van der Waals surface area contributed by atoms with Crippen LogP contribution in [0.3, 0.4) is 0 Å². The average Bonchev–Trinajstić information content (AvgIpc) is 2.65. The van der Waals surface area contributed by atoms with Crippen LogP contribution in [0, 0.1) is 6.92 Å². The zero-order valence-electron chi connectivity index (χ0n) is 17.2. The second-order valence-corrected chi connectivity index (χ2v) is 7.82. The van der Waals surface area contributed by atoms with Crippen LogP contribution in [0.1, 0.15) is 37.9 Å². The van der Waals surface area contributed by atoms with Gasteiger partial charge >= 0.3 is 17.7 Å². The lowest BCUT2D eigenvalue weighted by molar-refractivity contribution is -0.137. The fourth-order valence-corrected chi connectivity index (χ4v) is 2.89. The van der Waals surface area contributed by atoms with Gasteiger partial charge in [-0.2, -0.15) is 0 Å². The minimum absolute atomic E-state index is 0.188. The van der Waals surface area contributed by atoms with Gasteiger partial charge in [-0.1, -0.05) is 30.3 Å². The van der Waals surface area contributed by atoms with E-state index in [1.807, 2.05) is 0 Å². The molecule has 1 amide bonds. The highest BCUT2D eigenvalue weighted by Gasteiger charge is 2.27. The normalized spacial score (nSPS) is 12.3. The van der Waals surface area contributed by atoms with Crippen molar-refractivity contribution < 1.29 is 23.5 Å². The highest BCUT2D eigenvalue weighted by atomic mass is 16.6. The Labute approximate surface area is 173 Å². The van der Waals surface area contributed by atoms with Crippen molar-refractivity contribution in [1.29, 1.82) is 0 Å². The Bertz CT molecular complexity index is 1130. The number of hydrogen-bond acceptors (Lipinski definition) is 6. The van der Waals surface area contributed by atoms with E-state index in [0.717, 1.165) is 10.9 Å². The van der Waals surface area contributed by atoms with Gasteiger partial charge in [0.1, 0.15) is 16.9 Å². The summed E-state index contributed by atoms with van der Waals surface area (Å²) >= 11 is 0. The highest BCUT2D eigenvalue weighted by molar-refractivity contribution is 5.86. The first-order valence-corrected chi connectivity index (χ1v) is 9.43. The third-order valence-corrected chi connectivity index (χ3v) is 4.17. The van der Waals surface area contributed by atoms with Gasteiger partial charge in [0.25, 0.3) is 0 Å². The molecular weight excluding hydrogens is 386 g/mol. The Morgan fingerprint density at radius 3 is 2.40 bits per heavy atom. The second-order valence-electron chi connectivity index (χ2n) is 7.82. The Kier molecular flexibility index (Phi) is 5.91. The van der Waals surface area contributed by atoms with E-state index in [1.54, 1.807) is 70.2 Å². The van der Waals surface area contributed by atoms with Gasteiger partial charge in [0.05, 0.1) is 0 Å². The predicted molar refractivity (Wildman–Crippen MR) is 111 cm³/mol. The first-order chi connectivity index (χ1) is 14.1. The summed E-state index contributed by atoms with van der Waals surface area (Å²) < 4.78 is 15.9. The molecule has 1 N–H and O–H groups in total. The van der Waals surface area contributed by atoms with Gasteiger partial charge in [-0.25, -0.2) is 14.4 Å². The third kappa shape index (κ3) is 5.26. The maximum absolute atomic E-state index is 12.9. The fraction of sp³-hybridized carbons (Fsp3) is 0.261. The molecule has 7 nitrogen and oxygen atoms in total. The van der Waals surface area contributed by atoms with Crippen LogP contribution in [0.2, 0.25) is 0 Å². The number of nitrogens with one attached hydrogen (secondary N) is 1. The molecule has 2 aromatic carbocycles. The van der Waals surface area contributed by atoms with Crippen molar-refractivity contribution in [1.82, 2.24) is 5.32 Å². The van der Waals surface area contributed by atoms with E-state index in [9.17, 15) is 14.4 Å². The molecule has 1 atom stereocenters. The predicted octanol–water partition coefficient (Wildman–Crippen LogP) is 4.27. The van der Waals surface area contributed by atoms with Gasteiger partial charge in [-0.05, 0) is 51.0 Å². The van der Waals surface area contributed by atoms with E-state index in [4.69, 9.17) is 13.9 Å². The van der Waals surface area contributed by atoms with E-state index in [1.165, 1.54) is 12.1 Å². The highest BCUT2D eigenvalue weighted by Crippen LogP contribution is 2.24. The average molecular weight is 409 g/mol. The second kappa shape index (κ2) is 8.41. The molecule has 0 aliphatic carbocycles. The molecule has 0 radical (unpaired) electrons. The van der Waals surface area contributed by atoms with E-state index < -0.39 is 29.3 Å². The number of alkyl carbamates (subject to hydrolysis) is 1. The summed E-state index contributed by atoms with van der Waals surface area (Å²) in [5, 5.41) is 3.29. The van der Waals surface area contributed by atoms with Gasteiger partial charge in [0.15, 0.2) is 6.04 Å². The lowest BCUT2D eigenvalue weighted by Crippen LogP contribution is -2.39. The maximum atomic E-state index is 12.9. The number of esters is 1. The lowest BCUT2D eigenvalue weighted by Gasteiger charge is -2.23. The number of carbonyl (C=O) groups is 2. The third-order valence-electron chi connectivity index (χ3n) is 4.17. The molecule has 7 heteroatoms. The number of rotatable bonds is 4. The van der Waals surface area contributed by atoms with Gasteiger partial charge < -0.3 is 19.2 Å². The molecular formula is C23H23NO6. The van der Waals surface area contributed by atoms with Crippen LogP contribution in [0.5, 0.6) is 5.75 Å². The Balaban J connectivity index is 1.87. The van der Waals surface area contributed by atoms with Gasteiger partial charge in [0, 0.05) is 17.5 Å². The van der Waals surface area contributed by atoms with Crippen LogP contribution in [0.4, 0.5) is 4.79 Å². The quantitative estimate of drug-likeness (QED) is 0.393. The summed E-state index contributed by atoms with van der Waals surface area (Å²) in [6, 6.07) is 13.8. The molecule has 30 heavy (non-hydrogen) atoms. The van der Waals surface area contributed by atoms with Crippen LogP contribution in [0.15, 0.2) is 63.8 Å². The van der Waals surface area contributed by atoms with Crippen molar-refractivity contribution in [3.05, 3.63) is 76.1 Å². The molecule has 1 unspecified atom stereocenters. The summed E-state index contributed by atoms with van der Waals surface area (Å²) in [5.41, 5.74) is 0.395. The molecule has 1 aromatic heterocycles. The van der Waals surface area contributed by atoms with Crippen molar-refractivity contribution in [3.63, 3.8) is 0 Å². The maximum Gasteiger partial charge on any atom is 0.408 e. The number of hydrogen-bond donors (Lipinski definition) is 1. The topological polar surface area (TPSA) is 94.8 Å². The lowest BCUT2D eigenvalue weighted by atomic mass is 10.1. The minimum atomic E-state index is -1.08. The summed E-state index contributed by atoms with van der Waals surface area (Å²) in [6.45, 7) is 6.98. The SMILES string of the molecule is Cc1cc(=O)oc2cc(OC(=O)C(NC(=O)OC(C)(C)C)c3ccccc3)ccc12. The number of fused-ring (bicyclic) bond motifs is 1. The van der Waals surface area contributed by atoms with Crippen LogP contribution in [0.25, 0.3) is 11.0 Å². The molecule has 0 bridgehead atoms. The smallest absolute Gasteiger partial charge is 0.408 e. The summed E-state index contributed by atoms with van der Waals surface area (Å²) in [7, 11) is 0. The molecule has 0 aliphatic heterocycles. The molecule has 0 saturated carbocycles. The minimum Gasteiger partial charge on any atom is -0.444 e. The summed E-state index contributed by atoms with van der Waals surface area (Å²) in [4.78, 5) is 36.8. The van der Waals surface area contributed by atoms with Crippen LogP contribution >= 0.6 is 0 Å². The Morgan fingerprint density at radius 1 is 1.03 bits per heavy atom. The summed E-state index contributed by atoms with van der Waals surface area (Å²) in [6.07, 6.45) is -0.742. The van der Waals surface area contributed by atoms with Crippen molar-refractivity contribution >= 4 is 23.0 Å². The Morgan fingerprint density at radius 2 is 1.73 bits per heavy atom. The first-order valence-electron chi connectivity index (χ1n) is 9.43. The van der Waals surface area contributed by atoms with Gasteiger partial charge in [0.2, 0.25) is 0 Å². The zero-order valence-corrected chi connectivity index (χ0v) is 17.2. The zero-order chi connectivity index (χ0) is 21.9. The number of aryl methyl sites for hydroxylation is 1. The van der Waals surface area contributed by atoms with E-state index in [2.05, 4.69) is 5.32 Å². The standard InChI is InChI=1S/C23H23NO6/c1-14-12-19(25)29-18-13-16(10-11-17(14)18)28-21(26)20(15-8-6-5-7-9-15)24-22(27)30-23(2,3)4/h5-13,20H,1-4H3,(H,24,27). The van der Waals surface area contributed by atoms with Gasteiger partial charge in [-0.15, -0.1) is 0 Å². The molecule has 156 valence electrons. The number of amides is 1. The van der Waals surface area contributed by atoms with Crippen LogP contribution in [-0.4, -0.2) is 17.7 Å². The van der Waals surface area contributed by atoms with Crippen molar-refractivity contribution in [2.75, 3.05) is 0 Å². The van der Waals surface area contributed by atoms with Crippen molar-refractivity contribution in [2.24, 2.45) is 0 Å². The molecule has 1 heterocycles. The molecule has 0 fully saturated rings. The number of ether oxygens (including phenoxy) is 2. The van der Waals surface area contributed by atoms with Crippen LogP contribution in [-0.2, 0) is 9.53 Å². The molecule has 3 aromatic rings. The van der Waals surface area contributed by atoms with Crippen molar-refractivity contribution in [3.8, 4) is 5.75 Å². The van der Waals surface area contributed by atoms with Crippen LogP contribution < -0.4 is 15.7 Å². The number of carbonyl (C=O) groups excluding carboxylic acids is 2. The molecule has 0 spiro atoms. The van der Waals surface area contributed by atoms with E-state index >= 15 is 0 Å². The fourth-order valence-electron chi connectivity index (χ4n) is 2.89. The monoisotopic (exact) mass is 409 g/mol. The van der Waals surface area contributed by atoms with Crippen molar-refractivity contribution in [2.45, 2.75) is 39.3 Å². The largest absolute Gasteiger partial charge is 0.444 e. The molecule has 0 saturated heterocycles. The summed E-state index contributed by atoms with van der Waals surface area (Å²) in [5.74, 6) is -0.519. The molecule has 0 aliphatic rings. The number of benzene rings is 2. The first kappa shape index (κ1) is 21.1. The molecule has 3 rings (SSSR count). The van der Waals surface area contributed by atoms with E-state index in [0.29, 0.717) is 11.1 Å². The van der Waals surface area contributed by atoms with Gasteiger partial charge in [-0.3, -0.25) is 0 Å². The Hall–Kier alpha value is -3.61.